The van der Waals surface area contributed by atoms with Crippen LogP contribution >= 0.6 is 11.3 Å². The van der Waals surface area contributed by atoms with Crippen LogP contribution in [0.4, 0.5) is 11.4 Å². The first-order valence-corrected chi connectivity index (χ1v) is 15.5. The molecule has 1 N–H and O–H groups in total. The number of nitrogens with one attached hydrogen (secondary N) is 1. The summed E-state index contributed by atoms with van der Waals surface area (Å²) in [6.07, 6.45) is -0.269. The van der Waals surface area contributed by atoms with Gasteiger partial charge in [0.1, 0.15) is 6.04 Å². The van der Waals surface area contributed by atoms with Gasteiger partial charge in [-0.25, -0.2) is 4.85 Å². The van der Waals surface area contributed by atoms with Gasteiger partial charge in [-0.2, -0.15) is 16.6 Å². The zero-order chi connectivity index (χ0) is 26.1. The number of aromatic nitrogens is 2. The average molecular weight is 516 g/mol. The van der Waals surface area contributed by atoms with Gasteiger partial charge in [-0.3, -0.25) is 0 Å². The van der Waals surface area contributed by atoms with Crippen molar-refractivity contribution in [3.8, 4) is 17.5 Å². The number of anilines is 1. The topological polar surface area (TPSA) is 88.3 Å². The van der Waals surface area contributed by atoms with Gasteiger partial charge in [0.25, 0.3) is 0 Å². The Hall–Kier alpha value is -3.50. The highest BCUT2D eigenvalue weighted by molar-refractivity contribution is 7.18. The molecule has 2 aromatic heterocycles. The van der Waals surface area contributed by atoms with Crippen molar-refractivity contribution in [1.82, 2.24) is 10.2 Å². The summed E-state index contributed by atoms with van der Waals surface area (Å²) in [6, 6.07) is 14.5. The van der Waals surface area contributed by atoms with Gasteiger partial charge >= 0.3 is 0 Å². The maximum Gasteiger partial charge on any atom is 0.247 e. The molecule has 0 saturated heterocycles. The van der Waals surface area contributed by atoms with E-state index in [9.17, 15) is 0 Å². The molecule has 2 aromatic carbocycles. The van der Waals surface area contributed by atoms with Crippen molar-refractivity contribution >= 4 is 41.1 Å². The normalized spacial score (nSPS) is 13.7. The molecule has 0 radical (unpaired) electrons. The van der Waals surface area contributed by atoms with E-state index in [1.54, 1.807) is 35.6 Å². The Morgan fingerprint density at radius 3 is 2.50 bits per heavy atom. The van der Waals surface area contributed by atoms with E-state index < -0.39 is 14.4 Å². The van der Waals surface area contributed by atoms with Crippen LogP contribution in [0.5, 0.6) is 0 Å². The summed E-state index contributed by atoms with van der Waals surface area (Å²) < 4.78 is 13.8. The van der Waals surface area contributed by atoms with E-state index in [-0.39, 0.29) is 11.1 Å². The molecular formula is C27H29N5O2SSi. The zero-order valence-corrected chi connectivity index (χ0v) is 23.1. The molecule has 184 valence electrons. The van der Waals surface area contributed by atoms with Crippen molar-refractivity contribution in [3.05, 3.63) is 70.7 Å². The molecule has 0 aliphatic carbocycles. The van der Waals surface area contributed by atoms with E-state index >= 15 is 0 Å². The number of hydrogen-bond donors (Lipinski definition) is 1. The third kappa shape index (κ3) is 5.05. The lowest BCUT2D eigenvalue weighted by Crippen LogP contribution is -2.45. The van der Waals surface area contributed by atoms with Crippen molar-refractivity contribution in [2.75, 3.05) is 5.32 Å². The summed E-state index contributed by atoms with van der Waals surface area (Å²) in [5, 5.41) is 24.4. The van der Waals surface area contributed by atoms with Gasteiger partial charge in [0.15, 0.2) is 8.32 Å². The Morgan fingerprint density at radius 1 is 1.14 bits per heavy atom. The van der Waals surface area contributed by atoms with E-state index in [1.807, 2.05) is 30.5 Å². The molecule has 0 spiro atoms. The van der Waals surface area contributed by atoms with Crippen molar-refractivity contribution in [2.24, 2.45) is 0 Å². The fourth-order valence-corrected chi connectivity index (χ4v) is 5.98. The lowest BCUT2D eigenvalue weighted by atomic mass is 10.1. The second kappa shape index (κ2) is 9.86. The van der Waals surface area contributed by atoms with E-state index in [2.05, 4.69) is 60.3 Å². The summed E-state index contributed by atoms with van der Waals surface area (Å²) in [6.45, 7) is 20.6. The lowest BCUT2D eigenvalue weighted by Gasteiger charge is -2.40. The maximum atomic E-state index is 9.08. The Kier molecular flexibility index (Phi) is 7.01. The van der Waals surface area contributed by atoms with Crippen LogP contribution in [-0.4, -0.2) is 24.6 Å². The molecule has 0 unspecified atom stereocenters. The van der Waals surface area contributed by atoms with Crippen LogP contribution in [0.25, 0.3) is 26.4 Å². The van der Waals surface area contributed by atoms with Crippen LogP contribution in [0.1, 0.15) is 45.2 Å². The van der Waals surface area contributed by atoms with Gasteiger partial charge in [0.05, 0.1) is 24.3 Å². The summed E-state index contributed by atoms with van der Waals surface area (Å²) in [4.78, 5) is 3.66. The monoisotopic (exact) mass is 515 g/mol. The molecule has 0 aliphatic heterocycles. The minimum absolute atomic E-state index is 0.0339. The van der Waals surface area contributed by atoms with Gasteiger partial charge in [-0.1, -0.05) is 26.8 Å². The third-order valence-corrected chi connectivity index (χ3v) is 12.3. The summed E-state index contributed by atoms with van der Waals surface area (Å²) in [7, 11) is -2.10. The minimum atomic E-state index is -2.10. The van der Waals surface area contributed by atoms with Gasteiger partial charge in [-0.15, -0.1) is 10.2 Å². The number of nitrogens with zero attached hydrogens (tertiary/aromatic N) is 4. The Morgan fingerprint density at radius 2 is 1.86 bits per heavy atom. The maximum absolute atomic E-state index is 9.08. The number of nitriles is 1. The van der Waals surface area contributed by atoms with Crippen LogP contribution in [0.3, 0.4) is 0 Å². The van der Waals surface area contributed by atoms with Crippen LogP contribution in [0, 0.1) is 17.9 Å². The fraction of sp³-hybridized carbons (Fsp3) is 0.333. The standard InChI is InChI=1S/C27H29N5O2SSi/c1-17(34-36(6,7)27(2,3)4)23(30-21-12-13-22(29-5)24-20(21)14-15-35-24)26-32-31-25(33-26)19-10-8-18(16-28)9-11-19/h8-15,17,23,30H,1-4,6-7H3/t17-,23+/m0/s1. The molecule has 7 nitrogen and oxygen atoms in total. The van der Waals surface area contributed by atoms with Crippen molar-refractivity contribution < 1.29 is 8.84 Å². The highest BCUT2D eigenvalue weighted by atomic mass is 32.1. The first kappa shape index (κ1) is 25.6. The van der Waals surface area contributed by atoms with Crippen LogP contribution in [0.2, 0.25) is 18.1 Å². The second-order valence-corrected chi connectivity index (χ2v) is 15.9. The Labute approximate surface area is 216 Å². The van der Waals surface area contributed by atoms with Gasteiger partial charge in [0.2, 0.25) is 17.5 Å². The molecule has 0 bridgehead atoms. The number of benzene rings is 2. The first-order valence-electron chi connectivity index (χ1n) is 11.7. The van der Waals surface area contributed by atoms with Crippen molar-refractivity contribution in [3.63, 3.8) is 0 Å². The van der Waals surface area contributed by atoms with Crippen LogP contribution < -0.4 is 5.32 Å². The molecule has 4 rings (SSSR count). The van der Waals surface area contributed by atoms with Crippen LogP contribution in [-0.2, 0) is 4.43 Å². The molecule has 9 heteroatoms. The van der Waals surface area contributed by atoms with E-state index in [0.717, 1.165) is 21.3 Å². The summed E-state index contributed by atoms with van der Waals surface area (Å²) in [5.74, 6) is 0.794. The van der Waals surface area contributed by atoms with Gasteiger partial charge in [0, 0.05) is 21.3 Å². The largest absolute Gasteiger partial charge is 0.418 e. The molecule has 36 heavy (non-hydrogen) atoms. The van der Waals surface area contributed by atoms with Gasteiger partial charge < -0.3 is 14.2 Å². The Balaban J connectivity index is 1.72. The highest BCUT2D eigenvalue weighted by Crippen LogP contribution is 2.41. The predicted octanol–water partition coefficient (Wildman–Crippen LogP) is 7.94. The number of hydrogen-bond acceptors (Lipinski definition) is 7. The summed E-state index contributed by atoms with van der Waals surface area (Å²) in [5.41, 5.74) is 2.82. The molecule has 0 amide bonds. The molecule has 2 atom stereocenters. The van der Waals surface area contributed by atoms with E-state index in [4.69, 9.17) is 20.7 Å². The van der Waals surface area contributed by atoms with Crippen molar-refractivity contribution in [2.45, 2.75) is 58.0 Å². The fourth-order valence-electron chi connectivity index (χ4n) is 3.68. The first-order chi connectivity index (χ1) is 17.0. The SMILES string of the molecule is [C-]#[N+]c1ccc(N[C@@H](c2nnc(-c3ccc(C#N)cc3)o2)[C@H](C)O[Si](C)(C)C(C)(C)C)c2ccsc12. The third-order valence-electron chi connectivity index (χ3n) is 6.75. The molecule has 0 saturated carbocycles. The highest BCUT2D eigenvalue weighted by Gasteiger charge is 2.41. The smallest absolute Gasteiger partial charge is 0.247 e. The molecule has 2 heterocycles. The van der Waals surface area contributed by atoms with Crippen molar-refractivity contribution in [1.29, 1.82) is 5.26 Å². The van der Waals surface area contributed by atoms with E-state index in [1.165, 1.54) is 0 Å². The molecule has 0 aliphatic rings. The second-order valence-electron chi connectivity index (χ2n) is 10.2. The molecular weight excluding hydrogens is 486 g/mol. The predicted molar refractivity (Wildman–Crippen MR) is 147 cm³/mol. The zero-order valence-electron chi connectivity index (χ0n) is 21.3. The quantitative estimate of drug-likeness (QED) is 0.198. The van der Waals surface area contributed by atoms with Gasteiger partial charge in [-0.05, 0) is 66.8 Å². The van der Waals surface area contributed by atoms with Crippen LogP contribution in [0.15, 0.2) is 52.3 Å². The van der Waals surface area contributed by atoms with E-state index in [0.29, 0.717) is 23.0 Å². The Bertz CT molecular complexity index is 1450. The summed E-state index contributed by atoms with van der Waals surface area (Å²) >= 11 is 1.55. The number of rotatable bonds is 7. The number of fused-ring (bicyclic) bond motifs is 1. The molecule has 0 fully saturated rings. The molecule has 4 aromatic rings. The minimum Gasteiger partial charge on any atom is -0.418 e. The number of thiophene rings is 1. The average Bonchev–Trinajstić information content (AvgIpc) is 3.52. The lowest BCUT2D eigenvalue weighted by molar-refractivity contribution is 0.166.